The standard InChI is InChI=1S/C21H26F2N2O5S/c1-15(14-30-18-9-7-17(29-2)8-10-18)24-21(26)5-4-12-25(31(3,27)28)16-6-11-19(22)20(23)13-16/h6-11,13,15H,4-5,12,14H2,1-3H3,(H,24,26)/t15-/m0/s1. The minimum atomic E-state index is -3.73. The molecule has 1 N–H and O–H groups in total. The third kappa shape index (κ3) is 7.71. The number of benzene rings is 2. The quantitative estimate of drug-likeness (QED) is 0.562. The van der Waals surface area contributed by atoms with E-state index in [2.05, 4.69) is 5.32 Å². The Morgan fingerprint density at radius 3 is 2.32 bits per heavy atom. The molecule has 0 aliphatic carbocycles. The third-order valence-corrected chi connectivity index (χ3v) is 5.52. The van der Waals surface area contributed by atoms with Gasteiger partial charge in [0.15, 0.2) is 11.6 Å². The number of methoxy groups -OCH3 is 1. The molecule has 0 radical (unpaired) electrons. The zero-order chi connectivity index (χ0) is 23.0. The van der Waals surface area contributed by atoms with E-state index in [-0.39, 0.29) is 43.6 Å². The summed E-state index contributed by atoms with van der Waals surface area (Å²) in [6.45, 7) is 1.99. The van der Waals surface area contributed by atoms with Crippen molar-refractivity contribution >= 4 is 21.6 Å². The minimum Gasteiger partial charge on any atom is -0.497 e. The van der Waals surface area contributed by atoms with Gasteiger partial charge in [-0.3, -0.25) is 9.10 Å². The molecule has 0 bridgehead atoms. The number of ether oxygens (including phenoxy) is 2. The van der Waals surface area contributed by atoms with Gasteiger partial charge >= 0.3 is 0 Å². The molecule has 2 rings (SSSR count). The molecule has 0 unspecified atom stereocenters. The highest BCUT2D eigenvalue weighted by Crippen LogP contribution is 2.21. The van der Waals surface area contributed by atoms with Crippen LogP contribution in [0.5, 0.6) is 11.5 Å². The van der Waals surface area contributed by atoms with Crippen LogP contribution in [-0.2, 0) is 14.8 Å². The Hall–Kier alpha value is -2.88. The number of amides is 1. The van der Waals surface area contributed by atoms with Crippen LogP contribution in [0.25, 0.3) is 0 Å². The van der Waals surface area contributed by atoms with Crippen molar-refractivity contribution in [2.45, 2.75) is 25.8 Å². The van der Waals surface area contributed by atoms with Crippen molar-refractivity contribution in [3.05, 3.63) is 54.1 Å². The van der Waals surface area contributed by atoms with Crippen LogP contribution in [0.3, 0.4) is 0 Å². The fourth-order valence-corrected chi connectivity index (χ4v) is 3.75. The first-order valence-electron chi connectivity index (χ1n) is 9.59. The van der Waals surface area contributed by atoms with Gasteiger partial charge in [-0.1, -0.05) is 0 Å². The van der Waals surface area contributed by atoms with Crippen molar-refractivity contribution in [2.75, 3.05) is 30.8 Å². The summed E-state index contributed by atoms with van der Waals surface area (Å²) in [5.74, 6) is -1.14. The van der Waals surface area contributed by atoms with Crippen LogP contribution >= 0.6 is 0 Å². The van der Waals surface area contributed by atoms with E-state index >= 15 is 0 Å². The Labute approximate surface area is 181 Å². The molecule has 0 aliphatic heterocycles. The van der Waals surface area contributed by atoms with Gasteiger partial charge in [0.2, 0.25) is 15.9 Å². The summed E-state index contributed by atoms with van der Waals surface area (Å²) in [5.41, 5.74) is 0.00284. The van der Waals surface area contributed by atoms with Crippen LogP contribution < -0.4 is 19.1 Å². The molecule has 0 fully saturated rings. The molecule has 1 amide bonds. The van der Waals surface area contributed by atoms with E-state index in [1.807, 2.05) is 0 Å². The van der Waals surface area contributed by atoms with Gasteiger partial charge in [0.1, 0.15) is 18.1 Å². The largest absolute Gasteiger partial charge is 0.497 e. The molecule has 31 heavy (non-hydrogen) atoms. The molecule has 0 aromatic heterocycles. The summed E-state index contributed by atoms with van der Waals surface area (Å²) in [6.07, 6.45) is 1.22. The Morgan fingerprint density at radius 1 is 1.10 bits per heavy atom. The normalized spacial score (nSPS) is 12.2. The van der Waals surface area contributed by atoms with Crippen LogP contribution in [0.2, 0.25) is 0 Å². The average molecular weight is 457 g/mol. The molecular formula is C21H26F2N2O5S. The molecule has 0 heterocycles. The number of anilines is 1. The van der Waals surface area contributed by atoms with E-state index in [0.29, 0.717) is 11.5 Å². The number of carbonyl (C=O) groups excluding carboxylic acids is 1. The van der Waals surface area contributed by atoms with E-state index < -0.39 is 21.7 Å². The maximum Gasteiger partial charge on any atom is 0.232 e. The first kappa shape index (κ1) is 24.4. The number of nitrogens with zero attached hydrogens (tertiary/aromatic N) is 1. The molecule has 0 aliphatic rings. The highest BCUT2D eigenvalue weighted by molar-refractivity contribution is 7.92. The van der Waals surface area contributed by atoms with Gasteiger partial charge in [0.05, 0.1) is 25.1 Å². The van der Waals surface area contributed by atoms with Gasteiger partial charge in [0.25, 0.3) is 0 Å². The molecule has 170 valence electrons. The highest BCUT2D eigenvalue weighted by atomic mass is 32.2. The predicted octanol–water partition coefficient (Wildman–Crippen LogP) is 3.10. The van der Waals surface area contributed by atoms with Crippen LogP contribution in [0, 0.1) is 11.6 Å². The Balaban J connectivity index is 1.82. The van der Waals surface area contributed by atoms with Gasteiger partial charge in [-0.25, -0.2) is 17.2 Å². The molecule has 7 nitrogen and oxygen atoms in total. The van der Waals surface area contributed by atoms with Crippen LogP contribution in [-0.4, -0.2) is 46.9 Å². The van der Waals surface area contributed by atoms with Crippen molar-refractivity contribution in [3.63, 3.8) is 0 Å². The Kier molecular flexibility index (Phi) is 8.61. The maximum absolute atomic E-state index is 13.5. The van der Waals surface area contributed by atoms with Gasteiger partial charge in [-0.15, -0.1) is 0 Å². The Morgan fingerprint density at radius 2 is 1.74 bits per heavy atom. The SMILES string of the molecule is COc1ccc(OC[C@H](C)NC(=O)CCCN(c2ccc(F)c(F)c2)S(C)(=O)=O)cc1. The summed E-state index contributed by atoms with van der Waals surface area (Å²) in [5, 5.41) is 2.78. The first-order valence-corrected chi connectivity index (χ1v) is 11.4. The lowest BCUT2D eigenvalue weighted by molar-refractivity contribution is -0.121. The number of nitrogens with one attached hydrogen (secondary N) is 1. The molecule has 10 heteroatoms. The molecular weight excluding hydrogens is 430 g/mol. The van der Waals surface area contributed by atoms with E-state index in [0.717, 1.165) is 22.7 Å². The number of hydrogen-bond acceptors (Lipinski definition) is 5. The van der Waals surface area contributed by atoms with Gasteiger partial charge in [0, 0.05) is 19.0 Å². The molecule has 0 spiro atoms. The number of hydrogen-bond donors (Lipinski definition) is 1. The van der Waals surface area contributed by atoms with E-state index in [1.165, 1.54) is 6.07 Å². The second-order valence-corrected chi connectivity index (χ2v) is 8.90. The van der Waals surface area contributed by atoms with Crippen molar-refractivity contribution in [1.82, 2.24) is 5.32 Å². The fraction of sp³-hybridized carbons (Fsp3) is 0.381. The molecule has 0 saturated carbocycles. The monoisotopic (exact) mass is 456 g/mol. The lowest BCUT2D eigenvalue weighted by atomic mass is 10.2. The predicted molar refractivity (Wildman–Crippen MR) is 114 cm³/mol. The van der Waals surface area contributed by atoms with Crippen LogP contribution in [0.1, 0.15) is 19.8 Å². The lowest BCUT2D eigenvalue weighted by Crippen LogP contribution is -2.37. The van der Waals surface area contributed by atoms with Gasteiger partial charge < -0.3 is 14.8 Å². The number of carbonyl (C=O) groups is 1. The number of halogens is 2. The Bertz CT molecular complexity index is 984. The third-order valence-electron chi connectivity index (χ3n) is 4.32. The summed E-state index contributed by atoms with van der Waals surface area (Å²) < 4.78 is 62.3. The summed E-state index contributed by atoms with van der Waals surface area (Å²) in [6, 6.07) is 9.62. The van der Waals surface area contributed by atoms with Crippen LogP contribution in [0.4, 0.5) is 14.5 Å². The first-order chi connectivity index (χ1) is 14.6. The fourth-order valence-electron chi connectivity index (χ4n) is 2.79. The van der Waals surface area contributed by atoms with Gasteiger partial charge in [-0.05, 0) is 49.7 Å². The zero-order valence-corrected chi connectivity index (χ0v) is 18.4. The highest BCUT2D eigenvalue weighted by Gasteiger charge is 2.19. The maximum atomic E-state index is 13.5. The summed E-state index contributed by atoms with van der Waals surface area (Å²) >= 11 is 0. The van der Waals surface area contributed by atoms with E-state index in [1.54, 1.807) is 38.3 Å². The second-order valence-electron chi connectivity index (χ2n) is 6.99. The van der Waals surface area contributed by atoms with Crippen LogP contribution in [0.15, 0.2) is 42.5 Å². The van der Waals surface area contributed by atoms with Crippen molar-refractivity contribution < 1.29 is 31.5 Å². The van der Waals surface area contributed by atoms with Gasteiger partial charge in [-0.2, -0.15) is 0 Å². The summed E-state index contributed by atoms with van der Waals surface area (Å²) in [4.78, 5) is 12.2. The summed E-state index contributed by atoms with van der Waals surface area (Å²) in [7, 11) is -2.16. The second kappa shape index (κ2) is 10.9. The smallest absolute Gasteiger partial charge is 0.232 e. The zero-order valence-electron chi connectivity index (χ0n) is 17.6. The average Bonchev–Trinajstić information content (AvgIpc) is 2.71. The lowest BCUT2D eigenvalue weighted by Gasteiger charge is -2.22. The van der Waals surface area contributed by atoms with E-state index in [9.17, 15) is 22.0 Å². The molecule has 1 atom stereocenters. The van der Waals surface area contributed by atoms with Crippen molar-refractivity contribution in [1.29, 1.82) is 0 Å². The molecule has 2 aromatic rings. The van der Waals surface area contributed by atoms with Crippen molar-refractivity contribution in [2.24, 2.45) is 0 Å². The minimum absolute atomic E-state index is 0.00284. The molecule has 2 aromatic carbocycles. The number of sulfonamides is 1. The van der Waals surface area contributed by atoms with Crippen molar-refractivity contribution in [3.8, 4) is 11.5 Å². The number of rotatable bonds is 11. The topological polar surface area (TPSA) is 84.9 Å². The molecule has 0 saturated heterocycles. The van der Waals surface area contributed by atoms with E-state index in [4.69, 9.17) is 9.47 Å².